The van der Waals surface area contributed by atoms with Crippen LogP contribution in [0.1, 0.15) is 16.7 Å². The molecule has 4 nitrogen and oxygen atoms in total. The number of rotatable bonds is 5. The highest BCUT2D eigenvalue weighted by Crippen LogP contribution is 2.29. The summed E-state index contributed by atoms with van der Waals surface area (Å²) in [5.74, 6) is -0.490. The quantitative estimate of drug-likeness (QED) is 0.648. The minimum Gasteiger partial charge on any atom is -0.504 e. The zero-order chi connectivity index (χ0) is 18.4. The van der Waals surface area contributed by atoms with Crippen LogP contribution in [0.5, 0.6) is 11.5 Å². The molecule has 0 amide bonds. The van der Waals surface area contributed by atoms with E-state index in [4.69, 9.17) is 9.47 Å². The lowest BCUT2D eigenvalue weighted by molar-refractivity contribution is -0.138. The molecule has 1 N–H and O–H groups in total. The van der Waals surface area contributed by atoms with Gasteiger partial charge in [0.2, 0.25) is 0 Å². The second-order valence-electron chi connectivity index (χ2n) is 5.07. The van der Waals surface area contributed by atoms with Crippen molar-refractivity contribution >= 4 is 12.0 Å². The second-order valence-corrected chi connectivity index (χ2v) is 5.07. The van der Waals surface area contributed by atoms with Crippen LogP contribution < -0.4 is 4.74 Å². The summed E-state index contributed by atoms with van der Waals surface area (Å²) in [4.78, 5) is 11.7. The molecule has 132 valence electrons. The molecule has 0 saturated carbocycles. The van der Waals surface area contributed by atoms with Gasteiger partial charge in [0.05, 0.1) is 12.7 Å². The van der Waals surface area contributed by atoms with E-state index in [9.17, 15) is 23.1 Å². The lowest BCUT2D eigenvalue weighted by Crippen LogP contribution is -2.06. The van der Waals surface area contributed by atoms with Gasteiger partial charge < -0.3 is 14.6 Å². The second kappa shape index (κ2) is 7.74. The van der Waals surface area contributed by atoms with Crippen molar-refractivity contribution in [3.63, 3.8) is 0 Å². The molecule has 7 heteroatoms. The van der Waals surface area contributed by atoms with Crippen molar-refractivity contribution in [1.29, 1.82) is 0 Å². The Labute approximate surface area is 142 Å². The molecule has 0 spiro atoms. The van der Waals surface area contributed by atoms with Gasteiger partial charge in [0.1, 0.15) is 6.61 Å². The predicted octanol–water partition coefficient (Wildman–Crippen LogP) is 4.18. The van der Waals surface area contributed by atoms with Crippen LogP contribution in [0, 0.1) is 0 Å². The molecule has 2 rings (SSSR count). The van der Waals surface area contributed by atoms with Crippen LogP contribution >= 0.6 is 0 Å². The number of hydrogen-bond donors (Lipinski definition) is 1. The van der Waals surface area contributed by atoms with Crippen molar-refractivity contribution in [2.75, 3.05) is 7.11 Å². The molecule has 0 aliphatic carbocycles. The molecular formula is C18H15F3O4. The van der Waals surface area contributed by atoms with Gasteiger partial charge in [-0.2, -0.15) is 13.2 Å². The number of aromatic hydroxyl groups is 1. The van der Waals surface area contributed by atoms with Crippen LogP contribution in [0.15, 0.2) is 48.5 Å². The Hall–Kier alpha value is -2.96. The molecule has 0 fully saturated rings. The van der Waals surface area contributed by atoms with Gasteiger partial charge in [-0.05, 0) is 41.5 Å². The number of esters is 1. The van der Waals surface area contributed by atoms with Gasteiger partial charge in [-0.25, -0.2) is 4.79 Å². The third kappa shape index (κ3) is 5.27. The number of benzene rings is 2. The first kappa shape index (κ1) is 18.4. The van der Waals surface area contributed by atoms with Gasteiger partial charge in [-0.15, -0.1) is 0 Å². The van der Waals surface area contributed by atoms with E-state index in [-0.39, 0.29) is 23.7 Å². The van der Waals surface area contributed by atoms with E-state index in [1.165, 1.54) is 37.5 Å². The van der Waals surface area contributed by atoms with Crippen molar-refractivity contribution in [2.45, 2.75) is 12.8 Å². The Balaban J connectivity index is 1.97. The summed E-state index contributed by atoms with van der Waals surface area (Å²) in [5.41, 5.74) is 0.0290. The molecule has 0 heterocycles. The Morgan fingerprint density at radius 1 is 1.20 bits per heavy atom. The van der Waals surface area contributed by atoms with Crippen molar-refractivity contribution in [3.8, 4) is 11.5 Å². The van der Waals surface area contributed by atoms with Crippen molar-refractivity contribution in [3.05, 3.63) is 65.2 Å². The summed E-state index contributed by atoms with van der Waals surface area (Å²) in [6.07, 6.45) is -1.87. The fourth-order valence-corrected chi connectivity index (χ4v) is 2.00. The highest BCUT2D eigenvalue weighted by molar-refractivity contribution is 5.87. The summed E-state index contributed by atoms with van der Waals surface area (Å²) >= 11 is 0. The molecule has 25 heavy (non-hydrogen) atoms. The molecule has 2 aromatic rings. The fourth-order valence-electron chi connectivity index (χ4n) is 2.00. The Kier molecular flexibility index (Phi) is 5.69. The Morgan fingerprint density at radius 3 is 2.64 bits per heavy atom. The zero-order valence-electron chi connectivity index (χ0n) is 13.2. The lowest BCUT2D eigenvalue weighted by Gasteiger charge is -2.08. The van der Waals surface area contributed by atoms with Crippen molar-refractivity contribution < 1.29 is 32.5 Å². The minimum absolute atomic E-state index is 0.0354. The SMILES string of the molecule is COc1cc(/C=C/C(=O)OCc2cccc(C(F)(F)F)c2)ccc1O. The monoisotopic (exact) mass is 352 g/mol. The summed E-state index contributed by atoms with van der Waals surface area (Å²) in [5, 5.41) is 9.48. The van der Waals surface area contributed by atoms with Crippen LogP contribution in [0.4, 0.5) is 13.2 Å². The maximum Gasteiger partial charge on any atom is 0.416 e. The van der Waals surface area contributed by atoms with E-state index in [0.717, 1.165) is 18.2 Å². The summed E-state index contributed by atoms with van der Waals surface area (Å²) < 4.78 is 47.7. The molecule has 0 bridgehead atoms. The molecule has 0 radical (unpaired) electrons. The Morgan fingerprint density at radius 2 is 1.96 bits per heavy atom. The van der Waals surface area contributed by atoms with E-state index in [0.29, 0.717) is 5.56 Å². The summed E-state index contributed by atoms with van der Waals surface area (Å²) in [6.45, 7) is -0.272. The number of ether oxygens (including phenoxy) is 2. The number of carbonyl (C=O) groups excluding carboxylic acids is 1. The molecule has 0 atom stereocenters. The molecule has 0 saturated heterocycles. The Bertz CT molecular complexity index is 782. The normalized spacial score (nSPS) is 11.5. The summed E-state index contributed by atoms with van der Waals surface area (Å²) in [6, 6.07) is 9.07. The van der Waals surface area contributed by atoms with Gasteiger partial charge in [-0.1, -0.05) is 18.2 Å². The van der Waals surface area contributed by atoms with Crippen LogP contribution in [0.3, 0.4) is 0 Å². The van der Waals surface area contributed by atoms with Crippen LogP contribution in [0.2, 0.25) is 0 Å². The van der Waals surface area contributed by atoms with Gasteiger partial charge in [0, 0.05) is 6.08 Å². The molecule has 2 aromatic carbocycles. The zero-order valence-corrected chi connectivity index (χ0v) is 13.2. The van der Waals surface area contributed by atoms with Crippen LogP contribution in [0.25, 0.3) is 6.08 Å². The summed E-state index contributed by atoms with van der Waals surface area (Å²) in [7, 11) is 1.39. The predicted molar refractivity (Wildman–Crippen MR) is 84.9 cm³/mol. The highest BCUT2D eigenvalue weighted by atomic mass is 19.4. The lowest BCUT2D eigenvalue weighted by atomic mass is 10.1. The van der Waals surface area contributed by atoms with E-state index >= 15 is 0 Å². The van der Waals surface area contributed by atoms with Crippen LogP contribution in [-0.2, 0) is 22.3 Å². The van der Waals surface area contributed by atoms with E-state index in [1.54, 1.807) is 6.07 Å². The number of phenols is 1. The number of methoxy groups -OCH3 is 1. The topological polar surface area (TPSA) is 55.8 Å². The van der Waals surface area contributed by atoms with Gasteiger partial charge in [0.15, 0.2) is 11.5 Å². The molecule has 0 aromatic heterocycles. The minimum atomic E-state index is -4.45. The van der Waals surface area contributed by atoms with Gasteiger partial charge >= 0.3 is 12.1 Å². The van der Waals surface area contributed by atoms with Gasteiger partial charge in [-0.3, -0.25) is 0 Å². The first-order valence-electron chi connectivity index (χ1n) is 7.17. The standard InChI is InChI=1S/C18H15F3O4/c1-24-16-10-12(5-7-15(16)22)6-8-17(23)25-11-13-3-2-4-14(9-13)18(19,20)21/h2-10,22H,11H2,1H3/b8-6+. The maximum atomic E-state index is 12.6. The van der Waals surface area contributed by atoms with E-state index in [2.05, 4.69) is 0 Å². The number of hydrogen-bond acceptors (Lipinski definition) is 4. The molecule has 0 unspecified atom stereocenters. The third-order valence-corrected chi connectivity index (χ3v) is 3.25. The number of carbonyl (C=O) groups is 1. The molecular weight excluding hydrogens is 337 g/mol. The molecule has 0 aliphatic rings. The average molecular weight is 352 g/mol. The number of phenolic OH excluding ortho intramolecular Hbond substituents is 1. The third-order valence-electron chi connectivity index (χ3n) is 3.25. The van der Waals surface area contributed by atoms with E-state index in [1.807, 2.05) is 0 Å². The number of alkyl halides is 3. The first-order chi connectivity index (χ1) is 11.8. The maximum absolute atomic E-state index is 12.6. The first-order valence-corrected chi connectivity index (χ1v) is 7.17. The van der Waals surface area contributed by atoms with E-state index < -0.39 is 17.7 Å². The highest BCUT2D eigenvalue weighted by Gasteiger charge is 2.30. The van der Waals surface area contributed by atoms with Crippen LogP contribution in [-0.4, -0.2) is 18.2 Å². The molecule has 0 aliphatic heterocycles. The van der Waals surface area contributed by atoms with Gasteiger partial charge in [0.25, 0.3) is 0 Å². The average Bonchev–Trinajstić information content (AvgIpc) is 2.58. The number of halogens is 3. The fraction of sp³-hybridized carbons (Fsp3) is 0.167. The van der Waals surface area contributed by atoms with Crippen molar-refractivity contribution in [1.82, 2.24) is 0 Å². The largest absolute Gasteiger partial charge is 0.504 e. The smallest absolute Gasteiger partial charge is 0.416 e. The van der Waals surface area contributed by atoms with Crippen molar-refractivity contribution in [2.24, 2.45) is 0 Å².